The van der Waals surface area contributed by atoms with E-state index in [2.05, 4.69) is 15.9 Å². The van der Waals surface area contributed by atoms with Crippen molar-refractivity contribution in [1.82, 2.24) is 0 Å². The first-order chi connectivity index (χ1) is 9.53. The van der Waals surface area contributed by atoms with E-state index in [-0.39, 0.29) is 18.2 Å². The van der Waals surface area contributed by atoms with Gasteiger partial charge in [0.15, 0.2) is 0 Å². The normalized spacial score (nSPS) is 21.8. The second kappa shape index (κ2) is 4.95. The van der Waals surface area contributed by atoms with E-state index in [4.69, 9.17) is 0 Å². The zero-order chi connectivity index (χ0) is 14.3. The zero-order valence-electron chi connectivity index (χ0n) is 11.0. The minimum atomic E-state index is -0.541. The summed E-state index contributed by atoms with van der Waals surface area (Å²) >= 11 is 3.30. The molecule has 20 heavy (non-hydrogen) atoms. The average molecular weight is 340 g/mol. The van der Waals surface area contributed by atoms with Gasteiger partial charge < -0.3 is 0 Å². The SMILES string of the molecule is O=C1CC2(CCCCC2)C(=O)N1c1cc(F)ccc1Br. The van der Waals surface area contributed by atoms with Gasteiger partial charge in [0.1, 0.15) is 5.82 Å². The third-order valence-corrected chi connectivity index (χ3v) is 5.03. The molecule has 0 atom stereocenters. The smallest absolute Gasteiger partial charge is 0.240 e. The maximum absolute atomic E-state index is 13.4. The number of hydrogen-bond donors (Lipinski definition) is 0. The monoisotopic (exact) mass is 339 g/mol. The van der Waals surface area contributed by atoms with Gasteiger partial charge in [0.25, 0.3) is 0 Å². The molecule has 1 aliphatic carbocycles. The lowest BCUT2D eigenvalue weighted by Gasteiger charge is -2.30. The molecular formula is C15H15BrFNO2. The van der Waals surface area contributed by atoms with Crippen molar-refractivity contribution in [3.63, 3.8) is 0 Å². The van der Waals surface area contributed by atoms with Gasteiger partial charge in [0.2, 0.25) is 11.8 Å². The quantitative estimate of drug-likeness (QED) is 0.729. The molecule has 1 aromatic carbocycles. The lowest BCUT2D eigenvalue weighted by molar-refractivity contribution is -0.127. The van der Waals surface area contributed by atoms with E-state index in [1.807, 2.05) is 0 Å². The molecule has 1 heterocycles. The molecule has 106 valence electrons. The zero-order valence-corrected chi connectivity index (χ0v) is 12.6. The Bertz CT molecular complexity index is 581. The van der Waals surface area contributed by atoms with Crippen molar-refractivity contribution in [2.45, 2.75) is 38.5 Å². The van der Waals surface area contributed by atoms with E-state index < -0.39 is 11.2 Å². The van der Waals surface area contributed by atoms with E-state index in [9.17, 15) is 14.0 Å². The Morgan fingerprint density at radius 2 is 1.85 bits per heavy atom. The van der Waals surface area contributed by atoms with E-state index in [1.54, 1.807) is 0 Å². The summed E-state index contributed by atoms with van der Waals surface area (Å²) in [7, 11) is 0. The second-order valence-corrected chi connectivity index (χ2v) is 6.50. The first-order valence-electron chi connectivity index (χ1n) is 6.86. The molecule has 1 aromatic rings. The standard InChI is InChI=1S/C15H15BrFNO2/c16-11-5-4-10(17)8-12(11)18-13(19)9-15(14(18)20)6-2-1-3-7-15/h4-5,8H,1-3,6-7,9H2. The fraction of sp³-hybridized carbons (Fsp3) is 0.467. The highest BCUT2D eigenvalue weighted by Gasteiger charge is 2.52. The molecule has 0 aromatic heterocycles. The van der Waals surface area contributed by atoms with Crippen LogP contribution in [0.1, 0.15) is 38.5 Å². The number of hydrogen-bond acceptors (Lipinski definition) is 2. The molecular weight excluding hydrogens is 325 g/mol. The van der Waals surface area contributed by atoms with Crippen molar-refractivity contribution in [3.05, 3.63) is 28.5 Å². The Kier molecular flexibility index (Phi) is 3.40. The van der Waals surface area contributed by atoms with Crippen LogP contribution in [0.25, 0.3) is 0 Å². The van der Waals surface area contributed by atoms with Gasteiger partial charge in [-0.3, -0.25) is 9.59 Å². The van der Waals surface area contributed by atoms with Gasteiger partial charge in [0.05, 0.1) is 11.1 Å². The van der Waals surface area contributed by atoms with E-state index in [0.717, 1.165) is 32.1 Å². The molecule has 3 rings (SSSR count). The van der Waals surface area contributed by atoms with Crippen LogP contribution in [0.4, 0.5) is 10.1 Å². The summed E-state index contributed by atoms with van der Waals surface area (Å²) in [4.78, 5) is 26.2. The summed E-state index contributed by atoms with van der Waals surface area (Å²) in [6, 6.07) is 4.06. The number of amides is 2. The summed E-state index contributed by atoms with van der Waals surface area (Å²) in [5, 5.41) is 0. The first kappa shape index (κ1) is 13.7. The van der Waals surface area contributed by atoms with Crippen molar-refractivity contribution in [2.24, 2.45) is 5.41 Å². The minimum absolute atomic E-state index is 0.159. The summed E-state index contributed by atoms with van der Waals surface area (Å²) in [6.45, 7) is 0. The molecule has 2 amide bonds. The number of imide groups is 1. The molecule has 1 saturated heterocycles. The lowest BCUT2D eigenvalue weighted by Crippen LogP contribution is -2.37. The van der Waals surface area contributed by atoms with Crippen LogP contribution in [-0.2, 0) is 9.59 Å². The van der Waals surface area contributed by atoms with Crippen LogP contribution < -0.4 is 4.90 Å². The maximum atomic E-state index is 13.4. The lowest BCUT2D eigenvalue weighted by atomic mass is 9.73. The van der Waals surface area contributed by atoms with E-state index in [0.29, 0.717) is 10.2 Å². The third-order valence-electron chi connectivity index (χ3n) is 4.36. The molecule has 3 nitrogen and oxygen atoms in total. The number of rotatable bonds is 1. The number of benzene rings is 1. The van der Waals surface area contributed by atoms with Gasteiger partial charge in [-0.15, -0.1) is 0 Å². The summed E-state index contributed by atoms with van der Waals surface area (Å²) in [6.07, 6.45) is 4.87. The average Bonchev–Trinajstić information content (AvgIpc) is 2.65. The van der Waals surface area contributed by atoms with Gasteiger partial charge in [-0.05, 0) is 47.0 Å². The number of halogens is 2. The molecule has 0 unspecified atom stereocenters. The topological polar surface area (TPSA) is 37.4 Å². The Morgan fingerprint density at radius 1 is 1.15 bits per heavy atom. The number of nitrogens with zero attached hydrogens (tertiary/aromatic N) is 1. The van der Waals surface area contributed by atoms with Crippen molar-refractivity contribution >= 4 is 33.4 Å². The molecule has 1 spiro atoms. The Hall–Kier alpha value is -1.23. The Labute approximate surface area is 125 Å². The molecule has 5 heteroatoms. The fourth-order valence-corrected chi connectivity index (χ4v) is 3.74. The van der Waals surface area contributed by atoms with E-state index in [1.165, 1.54) is 23.1 Å². The summed E-state index contributed by atoms with van der Waals surface area (Å²) in [5.41, 5.74) is -0.219. The van der Waals surface area contributed by atoms with Crippen LogP contribution in [0, 0.1) is 11.2 Å². The van der Waals surface area contributed by atoms with Crippen molar-refractivity contribution in [1.29, 1.82) is 0 Å². The summed E-state index contributed by atoms with van der Waals surface area (Å²) < 4.78 is 14.0. The predicted molar refractivity (Wildman–Crippen MR) is 76.7 cm³/mol. The van der Waals surface area contributed by atoms with Crippen LogP contribution in [0.2, 0.25) is 0 Å². The van der Waals surface area contributed by atoms with Gasteiger partial charge in [-0.25, -0.2) is 9.29 Å². The van der Waals surface area contributed by atoms with Crippen molar-refractivity contribution < 1.29 is 14.0 Å². The predicted octanol–water partition coefficient (Wildman–Crippen LogP) is 3.80. The summed E-state index contributed by atoms with van der Waals surface area (Å²) in [5.74, 6) is -0.829. The first-order valence-corrected chi connectivity index (χ1v) is 7.65. The van der Waals surface area contributed by atoms with Crippen LogP contribution >= 0.6 is 15.9 Å². The molecule has 0 N–H and O–H groups in total. The fourth-order valence-electron chi connectivity index (χ4n) is 3.31. The van der Waals surface area contributed by atoms with Gasteiger partial charge in [0, 0.05) is 10.9 Å². The van der Waals surface area contributed by atoms with Crippen molar-refractivity contribution in [3.8, 4) is 0 Å². The third kappa shape index (κ3) is 2.08. The van der Waals surface area contributed by atoms with Gasteiger partial charge in [-0.1, -0.05) is 19.3 Å². The maximum Gasteiger partial charge on any atom is 0.240 e. The highest BCUT2D eigenvalue weighted by atomic mass is 79.9. The molecule has 2 aliphatic rings. The van der Waals surface area contributed by atoms with Gasteiger partial charge in [-0.2, -0.15) is 0 Å². The molecule has 0 bridgehead atoms. The van der Waals surface area contributed by atoms with Crippen molar-refractivity contribution in [2.75, 3.05) is 4.90 Å². The van der Waals surface area contributed by atoms with Crippen LogP contribution in [-0.4, -0.2) is 11.8 Å². The van der Waals surface area contributed by atoms with Gasteiger partial charge >= 0.3 is 0 Å². The Morgan fingerprint density at radius 3 is 2.55 bits per heavy atom. The minimum Gasteiger partial charge on any atom is -0.274 e. The number of carbonyl (C=O) groups is 2. The molecule has 0 radical (unpaired) electrons. The molecule has 1 aliphatic heterocycles. The highest BCUT2D eigenvalue weighted by Crippen LogP contribution is 2.47. The second-order valence-electron chi connectivity index (χ2n) is 5.65. The van der Waals surface area contributed by atoms with Crippen LogP contribution in [0.15, 0.2) is 22.7 Å². The van der Waals surface area contributed by atoms with Crippen LogP contribution in [0.3, 0.4) is 0 Å². The van der Waals surface area contributed by atoms with E-state index >= 15 is 0 Å². The van der Waals surface area contributed by atoms with Crippen LogP contribution in [0.5, 0.6) is 0 Å². The number of anilines is 1. The highest BCUT2D eigenvalue weighted by molar-refractivity contribution is 9.10. The Balaban J connectivity index is 2.00. The molecule has 2 fully saturated rings. The number of carbonyl (C=O) groups excluding carboxylic acids is 2. The largest absolute Gasteiger partial charge is 0.274 e. The molecule has 1 saturated carbocycles.